The number of nitrogens with one attached hydrogen (secondary N) is 2. The van der Waals surface area contributed by atoms with Gasteiger partial charge in [0.25, 0.3) is 0 Å². The first-order chi connectivity index (χ1) is 9.25. The quantitative estimate of drug-likeness (QED) is 0.893. The van der Waals surface area contributed by atoms with Gasteiger partial charge in [-0.25, -0.2) is 4.39 Å². The molecule has 2 atom stereocenters. The van der Waals surface area contributed by atoms with Crippen LogP contribution in [0.2, 0.25) is 0 Å². The topological polar surface area (TPSA) is 24.1 Å². The predicted octanol–water partition coefficient (Wildman–Crippen LogP) is 3.84. The van der Waals surface area contributed by atoms with Crippen molar-refractivity contribution in [3.8, 4) is 0 Å². The van der Waals surface area contributed by atoms with Gasteiger partial charge in [0.2, 0.25) is 0 Å². The highest BCUT2D eigenvalue weighted by Gasteiger charge is 2.18. The van der Waals surface area contributed by atoms with Crippen LogP contribution in [0.4, 0.5) is 4.39 Å². The van der Waals surface area contributed by atoms with E-state index in [1.54, 1.807) is 6.07 Å². The first-order valence-electron chi connectivity index (χ1n) is 6.89. The summed E-state index contributed by atoms with van der Waals surface area (Å²) in [6, 6.07) is 11.9. The Bertz CT molecular complexity index is 585. The van der Waals surface area contributed by atoms with E-state index in [1.165, 1.54) is 5.56 Å². The van der Waals surface area contributed by atoms with Crippen molar-refractivity contribution in [1.29, 1.82) is 0 Å². The fourth-order valence-corrected chi connectivity index (χ4v) is 2.90. The van der Waals surface area contributed by atoms with Crippen LogP contribution < -0.4 is 10.6 Å². The van der Waals surface area contributed by atoms with Gasteiger partial charge >= 0.3 is 0 Å². The van der Waals surface area contributed by atoms with E-state index in [0.29, 0.717) is 11.4 Å². The minimum atomic E-state index is -0.144. The Morgan fingerprint density at radius 3 is 2.52 bits per heavy atom. The molecule has 5 heteroatoms. The largest absolute Gasteiger partial charge is 0.315 e. The third kappa shape index (κ3) is 3.86. The summed E-state index contributed by atoms with van der Waals surface area (Å²) < 4.78 is 13.8. The maximum absolute atomic E-state index is 13.8. The molecule has 1 heterocycles. The van der Waals surface area contributed by atoms with Crippen LogP contribution >= 0.6 is 24.8 Å². The SMILES string of the molecule is CC(N[C@H]1CCNC1)c1ccc(F)c2ccccc12.Cl.Cl. The van der Waals surface area contributed by atoms with Gasteiger partial charge in [0, 0.05) is 24.0 Å². The molecule has 1 saturated heterocycles. The predicted molar refractivity (Wildman–Crippen MR) is 91.2 cm³/mol. The number of rotatable bonds is 3. The molecule has 2 N–H and O–H groups in total. The highest BCUT2D eigenvalue weighted by atomic mass is 35.5. The zero-order chi connectivity index (χ0) is 13.2. The molecule has 0 radical (unpaired) electrons. The van der Waals surface area contributed by atoms with Crippen LogP contribution in [0.3, 0.4) is 0 Å². The van der Waals surface area contributed by atoms with Gasteiger partial charge in [-0.1, -0.05) is 30.3 Å². The molecule has 116 valence electrons. The maximum Gasteiger partial charge on any atom is 0.131 e. The molecular weight excluding hydrogens is 310 g/mol. The van der Waals surface area contributed by atoms with E-state index >= 15 is 0 Å². The van der Waals surface area contributed by atoms with Crippen molar-refractivity contribution in [3.63, 3.8) is 0 Å². The van der Waals surface area contributed by atoms with E-state index in [0.717, 1.165) is 24.9 Å². The van der Waals surface area contributed by atoms with Crippen LogP contribution in [-0.2, 0) is 0 Å². The van der Waals surface area contributed by atoms with Gasteiger partial charge in [-0.05, 0) is 36.9 Å². The van der Waals surface area contributed by atoms with Crippen LogP contribution in [0, 0.1) is 5.82 Å². The standard InChI is InChI=1S/C16H19FN2.2ClH/c1-11(19-12-8-9-18-10-12)13-6-7-16(17)15-5-3-2-4-14(13)15;;/h2-7,11-12,18-19H,8-10H2,1H3;2*1H/t11?,12-;;/m0../s1. The van der Waals surface area contributed by atoms with E-state index in [2.05, 4.69) is 17.6 Å². The number of benzene rings is 2. The van der Waals surface area contributed by atoms with Gasteiger partial charge in [0.1, 0.15) is 5.82 Å². The molecule has 0 spiro atoms. The molecule has 2 aromatic rings. The number of halogens is 3. The lowest BCUT2D eigenvalue weighted by Crippen LogP contribution is -2.33. The molecule has 1 unspecified atom stereocenters. The molecule has 1 aliphatic heterocycles. The molecule has 21 heavy (non-hydrogen) atoms. The third-order valence-electron chi connectivity index (χ3n) is 3.92. The Balaban J connectivity index is 0.00000110. The molecular formula is C16H21Cl2FN2. The summed E-state index contributed by atoms with van der Waals surface area (Å²) in [7, 11) is 0. The summed E-state index contributed by atoms with van der Waals surface area (Å²) in [4.78, 5) is 0. The Morgan fingerprint density at radius 2 is 1.86 bits per heavy atom. The molecule has 1 fully saturated rings. The minimum absolute atomic E-state index is 0. The van der Waals surface area contributed by atoms with Crippen molar-refractivity contribution in [3.05, 3.63) is 47.8 Å². The number of fused-ring (bicyclic) bond motifs is 1. The molecule has 0 aliphatic carbocycles. The van der Waals surface area contributed by atoms with Gasteiger partial charge in [-0.15, -0.1) is 24.8 Å². The number of hydrogen-bond acceptors (Lipinski definition) is 2. The van der Waals surface area contributed by atoms with Crippen molar-refractivity contribution in [2.75, 3.05) is 13.1 Å². The smallest absolute Gasteiger partial charge is 0.131 e. The van der Waals surface area contributed by atoms with Crippen molar-refractivity contribution < 1.29 is 4.39 Å². The van der Waals surface area contributed by atoms with E-state index in [-0.39, 0.29) is 36.7 Å². The lowest BCUT2D eigenvalue weighted by Gasteiger charge is -2.20. The van der Waals surface area contributed by atoms with E-state index in [9.17, 15) is 4.39 Å². The lowest BCUT2D eigenvalue weighted by molar-refractivity contribution is 0.480. The fourth-order valence-electron chi connectivity index (χ4n) is 2.90. The molecule has 0 bridgehead atoms. The van der Waals surface area contributed by atoms with Crippen LogP contribution in [0.15, 0.2) is 36.4 Å². The van der Waals surface area contributed by atoms with Crippen molar-refractivity contribution in [1.82, 2.24) is 10.6 Å². The molecule has 2 nitrogen and oxygen atoms in total. The van der Waals surface area contributed by atoms with Crippen LogP contribution in [0.5, 0.6) is 0 Å². The summed E-state index contributed by atoms with van der Waals surface area (Å²) in [5.41, 5.74) is 1.17. The average Bonchev–Trinajstić information content (AvgIpc) is 2.92. The van der Waals surface area contributed by atoms with Crippen LogP contribution in [-0.4, -0.2) is 19.1 Å². The third-order valence-corrected chi connectivity index (χ3v) is 3.92. The summed E-state index contributed by atoms with van der Waals surface area (Å²) in [5.74, 6) is -0.144. The zero-order valence-corrected chi connectivity index (χ0v) is 13.6. The lowest BCUT2D eigenvalue weighted by atomic mass is 9.98. The second-order valence-electron chi connectivity index (χ2n) is 5.26. The molecule has 1 aliphatic rings. The van der Waals surface area contributed by atoms with Gasteiger partial charge in [-0.2, -0.15) is 0 Å². The Labute approximate surface area is 137 Å². The summed E-state index contributed by atoms with van der Waals surface area (Å²) >= 11 is 0. The molecule has 0 saturated carbocycles. The van der Waals surface area contributed by atoms with Crippen molar-refractivity contribution in [2.24, 2.45) is 0 Å². The van der Waals surface area contributed by atoms with Crippen LogP contribution in [0.25, 0.3) is 10.8 Å². The zero-order valence-electron chi connectivity index (χ0n) is 11.9. The molecule has 0 amide bonds. The van der Waals surface area contributed by atoms with Gasteiger partial charge in [-0.3, -0.25) is 0 Å². The van der Waals surface area contributed by atoms with Crippen LogP contribution in [0.1, 0.15) is 24.9 Å². The van der Waals surface area contributed by atoms with E-state index in [4.69, 9.17) is 0 Å². The summed E-state index contributed by atoms with van der Waals surface area (Å²) in [5, 5.41) is 8.69. The first kappa shape index (κ1) is 18.2. The van der Waals surface area contributed by atoms with E-state index < -0.39 is 0 Å². The molecule has 0 aromatic heterocycles. The summed E-state index contributed by atoms with van der Waals surface area (Å²) in [6.07, 6.45) is 1.16. The normalized spacial score (nSPS) is 18.9. The highest BCUT2D eigenvalue weighted by molar-refractivity contribution is 5.86. The highest BCUT2D eigenvalue weighted by Crippen LogP contribution is 2.26. The van der Waals surface area contributed by atoms with Crippen molar-refractivity contribution >= 4 is 35.6 Å². The second-order valence-corrected chi connectivity index (χ2v) is 5.26. The van der Waals surface area contributed by atoms with Gasteiger partial charge in [0.05, 0.1) is 0 Å². The van der Waals surface area contributed by atoms with Gasteiger partial charge < -0.3 is 10.6 Å². The molecule has 2 aromatic carbocycles. The maximum atomic E-state index is 13.8. The summed E-state index contributed by atoms with van der Waals surface area (Å²) in [6.45, 7) is 4.25. The second kappa shape index (κ2) is 7.95. The first-order valence-corrected chi connectivity index (χ1v) is 6.89. The van der Waals surface area contributed by atoms with Gasteiger partial charge in [0.15, 0.2) is 0 Å². The average molecular weight is 331 g/mol. The fraction of sp³-hybridized carbons (Fsp3) is 0.375. The Hall–Kier alpha value is -0.870. The van der Waals surface area contributed by atoms with Crippen molar-refractivity contribution in [2.45, 2.75) is 25.4 Å². The Kier molecular flexibility index (Phi) is 6.88. The monoisotopic (exact) mass is 330 g/mol. The minimum Gasteiger partial charge on any atom is -0.315 e. The number of hydrogen-bond donors (Lipinski definition) is 2. The molecule has 3 rings (SSSR count). The Morgan fingerprint density at radius 1 is 1.14 bits per heavy atom. The van der Waals surface area contributed by atoms with E-state index in [1.807, 2.05) is 30.3 Å².